The van der Waals surface area contributed by atoms with Crippen LogP contribution in [0.5, 0.6) is 0 Å². The van der Waals surface area contributed by atoms with Crippen molar-refractivity contribution in [2.24, 2.45) is 0 Å². The standard InChI is InChI=1S/C16H13.C4H9.CH4O.2ClH.Ti/c1-12-6-7-15(10-12)16-9-8-13-4-2-3-5-14(13)11-16;1-4(2)3;1-2;;;/h2-6,8-10H,7H2,1H3;1-3H3;2H,1H3;2*1H;/q2*-1;;;;+4/p-2. The molecule has 0 aliphatic heterocycles. The topological polar surface area (TPSA) is 20.2 Å². The predicted molar refractivity (Wildman–Crippen MR) is 97.5 cm³/mol. The molecule has 1 nitrogen and oxygen atoms in total. The van der Waals surface area contributed by atoms with Crippen LogP contribution in [0.15, 0.2) is 54.1 Å². The zero-order chi connectivity index (χ0) is 16.5. The maximum absolute atomic E-state index is 7.00. The van der Waals surface area contributed by atoms with Gasteiger partial charge in [-0.2, -0.15) is 20.8 Å². The van der Waals surface area contributed by atoms with Crippen molar-refractivity contribution in [1.29, 1.82) is 0 Å². The van der Waals surface area contributed by atoms with E-state index in [9.17, 15) is 0 Å². The number of benzene rings is 2. The number of fused-ring (bicyclic) bond motifs is 1. The van der Waals surface area contributed by atoms with Crippen LogP contribution in [0.4, 0.5) is 0 Å². The molecule has 0 aromatic heterocycles. The molecule has 0 heterocycles. The molecular weight excluding hydrogens is 387 g/mol. The first-order valence-corrected chi connectivity index (χ1v) is 7.56. The van der Waals surface area contributed by atoms with E-state index in [0.29, 0.717) is 0 Å². The third kappa shape index (κ3) is 10.2. The van der Waals surface area contributed by atoms with E-state index in [1.54, 1.807) is 0 Å². The molecule has 0 fully saturated rings. The van der Waals surface area contributed by atoms with Gasteiger partial charge in [-0.15, -0.1) is 40.8 Å². The summed E-state index contributed by atoms with van der Waals surface area (Å²) in [5.41, 5.74) is 3.96. The molecule has 1 aliphatic rings. The summed E-state index contributed by atoms with van der Waals surface area (Å²) in [4.78, 5) is 0. The Morgan fingerprint density at radius 1 is 0.960 bits per heavy atom. The smallest absolute Gasteiger partial charge is 1.00 e. The van der Waals surface area contributed by atoms with Crippen molar-refractivity contribution in [3.8, 4) is 0 Å². The van der Waals surface area contributed by atoms with Gasteiger partial charge in [0, 0.05) is 7.11 Å². The Morgan fingerprint density at radius 2 is 1.52 bits per heavy atom. The van der Waals surface area contributed by atoms with Gasteiger partial charge in [0.05, 0.1) is 0 Å². The Hall–Kier alpha value is -0.566. The van der Waals surface area contributed by atoms with Crippen molar-refractivity contribution in [3.05, 3.63) is 71.7 Å². The van der Waals surface area contributed by atoms with Gasteiger partial charge < -0.3 is 35.8 Å². The predicted octanol–water partition coefficient (Wildman–Crippen LogP) is -0.392. The largest absolute Gasteiger partial charge is 4.00 e. The second kappa shape index (κ2) is 15.7. The van der Waals surface area contributed by atoms with Crippen LogP contribution < -0.4 is 24.8 Å². The fraction of sp³-hybridized carbons (Fsp3) is 0.286. The molecule has 1 aliphatic carbocycles. The molecule has 0 saturated carbocycles. The maximum atomic E-state index is 7.00. The van der Waals surface area contributed by atoms with E-state index in [2.05, 4.69) is 82.3 Å². The first-order chi connectivity index (χ1) is 10.6. The minimum absolute atomic E-state index is 0. The number of hydrogen-bond donors (Lipinski definition) is 1. The van der Waals surface area contributed by atoms with E-state index in [1.165, 1.54) is 33.4 Å². The van der Waals surface area contributed by atoms with Gasteiger partial charge in [-0.1, -0.05) is 41.3 Å². The zero-order valence-electron chi connectivity index (χ0n) is 15.5. The van der Waals surface area contributed by atoms with Gasteiger partial charge >= 0.3 is 21.7 Å². The first-order valence-electron chi connectivity index (χ1n) is 7.56. The van der Waals surface area contributed by atoms with Crippen molar-refractivity contribution in [3.63, 3.8) is 0 Å². The minimum Gasteiger partial charge on any atom is -1.00 e. The minimum atomic E-state index is 0. The van der Waals surface area contributed by atoms with Crippen molar-refractivity contribution < 1.29 is 51.6 Å². The average Bonchev–Trinajstić information content (AvgIpc) is 2.95. The van der Waals surface area contributed by atoms with E-state index in [1.807, 2.05) is 0 Å². The van der Waals surface area contributed by atoms with Crippen molar-refractivity contribution >= 4 is 16.3 Å². The molecule has 25 heavy (non-hydrogen) atoms. The number of rotatable bonds is 1. The molecule has 0 radical (unpaired) electrons. The molecule has 0 atom stereocenters. The van der Waals surface area contributed by atoms with E-state index in [-0.39, 0.29) is 46.5 Å². The van der Waals surface area contributed by atoms with Gasteiger partial charge in [0.1, 0.15) is 0 Å². The Labute approximate surface area is 180 Å². The molecule has 2 aromatic rings. The van der Waals surface area contributed by atoms with Crippen LogP contribution in [0.25, 0.3) is 16.3 Å². The molecule has 0 bridgehead atoms. The summed E-state index contributed by atoms with van der Waals surface area (Å²) >= 11 is 0. The van der Waals surface area contributed by atoms with Gasteiger partial charge in [-0.05, 0) is 13.3 Å². The molecule has 0 spiro atoms. The normalized spacial score (nSPS) is 11.3. The van der Waals surface area contributed by atoms with E-state index in [4.69, 9.17) is 5.11 Å². The summed E-state index contributed by atoms with van der Waals surface area (Å²) in [6.07, 6.45) is 5.56. The summed E-state index contributed by atoms with van der Waals surface area (Å²) in [5.74, 6) is 1.42. The van der Waals surface area contributed by atoms with Crippen LogP contribution >= 0.6 is 0 Å². The molecule has 0 amide bonds. The van der Waals surface area contributed by atoms with Crippen LogP contribution in [0.1, 0.15) is 39.7 Å². The van der Waals surface area contributed by atoms with Gasteiger partial charge in [-0.3, -0.25) is 0 Å². The summed E-state index contributed by atoms with van der Waals surface area (Å²) < 4.78 is 0. The van der Waals surface area contributed by atoms with Crippen molar-refractivity contribution in [1.82, 2.24) is 0 Å². The molecule has 0 unspecified atom stereocenters. The summed E-state index contributed by atoms with van der Waals surface area (Å²) in [7, 11) is 1.00. The fourth-order valence-corrected chi connectivity index (χ4v) is 2.15. The van der Waals surface area contributed by atoms with E-state index < -0.39 is 0 Å². The van der Waals surface area contributed by atoms with Crippen molar-refractivity contribution in [2.45, 2.75) is 34.1 Å². The van der Waals surface area contributed by atoms with E-state index in [0.717, 1.165) is 13.5 Å². The Bertz CT molecular complexity index is 661. The van der Waals surface area contributed by atoms with Crippen molar-refractivity contribution in [2.75, 3.05) is 7.11 Å². The number of aliphatic hydroxyl groups excluding tert-OH is 1. The SMILES string of the molecule is CC1=CCC(c2[c-]c3ccccc3cc2)=C1.CO.C[C-](C)C.[Cl-].[Cl-].[Ti+4]. The molecule has 3 rings (SSSR count). The number of halogens is 2. The number of allylic oxidation sites excluding steroid dienone is 4. The Morgan fingerprint density at radius 3 is 2.04 bits per heavy atom. The third-order valence-electron chi connectivity index (χ3n) is 3.05. The zero-order valence-corrected chi connectivity index (χ0v) is 18.6. The quantitative estimate of drug-likeness (QED) is 0.499. The molecular formula is C21H26Cl2OTi. The van der Waals surface area contributed by atoms with Crippen LogP contribution in [0.3, 0.4) is 0 Å². The van der Waals surface area contributed by atoms with Gasteiger partial charge in [0.25, 0.3) is 0 Å². The Kier molecular flexibility index (Phi) is 18.3. The molecule has 134 valence electrons. The molecule has 0 saturated heterocycles. The van der Waals surface area contributed by atoms with Crippen LogP contribution in [0.2, 0.25) is 0 Å². The third-order valence-corrected chi connectivity index (χ3v) is 3.05. The second-order valence-electron chi connectivity index (χ2n) is 5.78. The second-order valence-corrected chi connectivity index (χ2v) is 5.78. The monoisotopic (exact) mass is 412 g/mol. The average molecular weight is 413 g/mol. The fourth-order valence-electron chi connectivity index (χ4n) is 2.15. The van der Waals surface area contributed by atoms with Gasteiger partial charge in [0.15, 0.2) is 0 Å². The summed E-state index contributed by atoms with van der Waals surface area (Å²) in [5, 5.41) is 9.46. The van der Waals surface area contributed by atoms with Crippen LogP contribution in [-0.4, -0.2) is 12.2 Å². The molecule has 4 heteroatoms. The summed E-state index contributed by atoms with van der Waals surface area (Å²) in [6.45, 7) is 8.40. The van der Waals surface area contributed by atoms with Crippen LogP contribution in [-0.2, 0) is 21.7 Å². The maximum Gasteiger partial charge on any atom is 4.00 e. The number of aliphatic hydroxyl groups is 1. The molecule has 2 aromatic carbocycles. The van der Waals surface area contributed by atoms with Gasteiger partial charge in [0.2, 0.25) is 0 Å². The van der Waals surface area contributed by atoms with E-state index >= 15 is 0 Å². The number of hydrogen-bond acceptors (Lipinski definition) is 1. The Balaban J connectivity index is -0.000000481. The van der Waals surface area contributed by atoms with Crippen LogP contribution in [0, 0.1) is 12.0 Å². The first kappa shape index (κ1) is 29.2. The molecule has 1 N–H and O–H groups in total. The van der Waals surface area contributed by atoms with Gasteiger partial charge in [-0.25, -0.2) is 0 Å². The summed E-state index contributed by atoms with van der Waals surface area (Å²) in [6, 6.07) is 16.2.